The van der Waals surface area contributed by atoms with Gasteiger partial charge in [-0.15, -0.1) is 0 Å². The summed E-state index contributed by atoms with van der Waals surface area (Å²) in [6, 6.07) is 0. The molecule has 9 nitrogen and oxygen atoms in total. The number of nitrogens with one attached hydrogen (secondary N) is 1. The fraction of sp³-hybridized carbons (Fsp3) is 0.500. The normalized spacial score (nSPS) is 31.1. The molecule has 1 fully saturated rings. The molecule has 4 N–H and O–H groups in total. The van der Waals surface area contributed by atoms with Crippen molar-refractivity contribution in [2.24, 2.45) is 0 Å². The van der Waals surface area contributed by atoms with Crippen molar-refractivity contribution in [2.45, 2.75) is 24.4 Å². The van der Waals surface area contributed by atoms with Gasteiger partial charge in [0.2, 0.25) is 0 Å². The molecule has 3 rings (SSSR count). The van der Waals surface area contributed by atoms with E-state index in [1.165, 1.54) is 12.5 Å². The molecule has 9 heteroatoms. The number of hydrogen-bond donors (Lipinski definition) is 4. The van der Waals surface area contributed by atoms with E-state index >= 15 is 0 Å². The summed E-state index contributed by atoms with van der Waals surface area (Å²) in [5.41, 5.74) is 0.148. The van der Waals surface area contributed by atoms with E-state index in [-0.39, 0.29) is 5.65 Å². The summed E-state index contributed by atoms with van der Waals surface area (Å²) in [5.74, 6) is 0. The third kappa shape index (κ3) is 1.75. The summed E-state index contributed by atoms with van der Waals surface area (Å²) >= 11 is 0. The number of aromatic nitrogens is 4. The van der Waals surface area contributed by atoms with E-state index in [0.717, 1.165) is 4.52 Å². The number of aliphatic hydroxyl groups excluding tert-OH is 3. The number of fused-ring (bicyclic) bond motifs is 1. The molecule has 2 aromatic heterocycles. The third-order valence-electron chi connectivity index (χ3n) is 3.19. The SMILES string of the molecule is O=c1[nH]cnc2c([C@H]3O[C@H](CO)[C@@H](O)[C@H]3O)cnn12. The molecule has 0 aliphatic carbocycles. The maximum Gasteiger partial charge on any atom is 0.349 e. The van der Waals surface area contributed by atoms with Crippen LogP contribution in [0.1, 0.15) is 11.7 Å². The Bertz CT molecular complexity index is 653. The molecule has 0 spiro atoms. The second kappa shape index (κ2) is 4.38. The van der Waals surface area contributed by atoms with Crippen molar-refractivity contribution in [3.8, 4) is 0 Å². The van der Waals surface area contributed by atoms with Crippen molar-refractivity contribution in [1.29, 1.82) is 0 Å². The summed E-state index contributed by atoms with van der Waals surface area (Å²) < 4.78 is 6.40. The van der Waals surface area contributed by atoms with Gasteiger partial charge in [0.15, 0.2) is 5.65 Å². The summed E-state index contributed by atoms with van der Waals surface area (Å²) in [6.45, 7) is -0.415. The van der Waals surface area contributed by atoms with E-state index in [0.29, 0.717) is 5.56 Å². The zero-order valence-corrected chi connectivity index (χ0v) is 9.67. The largest absolute Gasteiger partial charge is 0.394 e. The average molecular weight is 268 g/mol. The van der Waals surface area contributed by atoms with E-state index < -0.39 is 36.7 Å². The van der Waals surface area contributed by atoms with E-state index in [1.807, 2.05) is 0 Å². The van der Waals surface area contributed by atoms with Crippen molar-refractivity contribution in [3.63, 3.8) is 0 Å². The fourth-order valence-electron chi connectivity index (χ4n) is 2.20. The highest BCUT2D eigenvalue weighted by Crippen LogP contribution is 2.34. The van der Waals surface area contributed by atoms with Crippen molar-refractivity contribution >= 4 is 5.65 Å². The molecular weight excluding hydrogens is 256 g/mol. The smallest absolute Gasteiger partial charge is 0.349 e. The second-order valence-corrected chi connectivity index (χ2v) is 4.30. The molecule has 4 atom stereocenters. The molecular formula is C10H12N4O5. The van der Waals surface area contributed by atoms with Gasteiger partial charge in [-0.25, -0.2) is 9.78 Å². The Morgan fingerprint density at radius 1 is 1.42 bits per heavy atom. The van der Waals surface area contributed by atoms with Gasteiger partial charge in [0.1, 0.15) is 24.4 Å². The molecule has 0 bridgehead atoms. The van der Waals surface area contributed by atoms with Crippen LogP contribution in [0, 0.1) is 0 Å². The lowest BCUT2D eigenvalue weighted by atomic mass is 10.0. The Hall–Kier alpha value is -1.81. The van der Waals surface area contributed by atoms with Crippen LogP contribution in [0.5, 0.6) is 0 Å². The van der Waals surface area contributed by atoms with E-state index in [2.05, 4.69) is 15.1 Å². The molecule has 102 valence electrons. The molecule has 1 saturated heterocycles. The Kier molecular flexibility index (Phi) is 2.82. The summed E-state index contributed by atoms with van der Waals surface area (Å²) in [6.07, 6.45) is -1.63. The highest BCUT2D eigenvalue weighted by Gasteiger charge is 2.44. The monoisotopic (exact) mass is 268 g/mol. The summed E-state index contributed by atoms with van der Waals surface area (Å²) in [4.78, 5) is 17.8. The number of rotatable bonds is 2. The van der Waals surface area contributed by atoms with E-state index in [4.69, 9.17) is 9.84 Å². The van der Waals surface area contributed by atoms with Crippen molar-refractivity contribution in [1.82, 2.24) is 19.6 Å². The van der Waals surface area contributed by atoms with Gasteiger partial charge in [0.25, 0.3) is 0 Å². The predicted octanol–water partition coefficient (Wildman–Crippen LogP) is -2.43. The molecule has 0 unspecified atom stereocenters. The predicted molar refractivity (Wildman–Crippen MR) is 60.3 cm³/mol. The van der Waals surface area contributed by atoms with Gasteiger partial charge in [-0.3, -0.25) is 4.98 Å². The maximum atomic E-state index is 11.5. The molecule has 2 aromatic rings. The van der Waals surface area contributed by atoms with Crippen LogP contribution in [-0.4, -0.2) is 59.8 Å². The van der Waals surface area contributed by atoms with Crippen LogP contribution in [0.3, 0.4) is 0 Å². The zero-order valence-electron chi connectivity index (χ0n) is 9.67. The van der Waals surface area contributed by atoms with Gasteiger partial charge in [-0.05, 0) is 0 Å². The molecule has 0 aromatic carbocycles. The van der Waals surface area contributed by atoms with Gasteiger partial charge in [-0.1, -0.05) is 0 Å². The molecule has 0 radical (unpaired) electrons. The highest BCUT2D eigenvalue weighted by atomic mass is 16.6. The number of nitrogens with zero attached hydrogens (tertiary/aromatic N) is 3. The molecule has 0 saturated carbocycles. The number of hydrogen-bond acceptors (Lipinski definition) is 7. The first-order valence-electron chi connectivity index (χ1n) is 5.67. The number of aromatic amines is 1. The molecule has 1 aliphatic heterocycles. The first-order valence-corrected chi connectivity index (χ1v) is 5.67. The van der Waals surface area contributed by atoms with Crippen LogP contribution in [0.4, 0.5) is 0 Å². The van der Waals surface area contributed by atoms with Crippen LogP contribution < -0.4 is 5.69 Å². The van der Waals surface area contributed by atoms with Crippen LogP contribution in [-0.2, 0) is 4.74 Å². The minimum absolute atomic E-state index is 0.235. The molecule has 0 amide bonds. The van der Waals surface area contributed by atoms with Gasteiger partial charge in [0, 0.05) is 5.56 Å². The lowest BCUT2D eigenvalue weighted by molar-refractivity contribution is -0.0224. The van der Waals surface area contributed by atoms with Crippen LogP contribution in [0.15, 0.2) is 17.3 Å². The van der Waals surface area contributed by atoms with Gasteiger partial charge in [-0.2, -0.15) is 9.61 Å². The lowest BCUT2D eigenvalue weighted by Crippen LogP contribution is -2.32. The zero-order chi connectivity index (χ0) is 13.6. The molecule has 3 heterocycles. The van der Waals surface area contributed by atoms with Crippen molar-refractivity contribution < 1.29 is 20.1 Å². The summed E-state index contributed by atoms with van der Waals surface area (Å²) in [5, 5.41) is 32.5. The van der Waals surface area contributed by atoms with Crippen molar-refractivity contribution in [2.75, 3.05) is 6.61 Å². The average Bonchev–Trinajstić information content (AvgIpc) is 2.94. The van der Waals surface area contributed by atoms with Gasteiger partial charge in [0.05, 0.1) is 19.1 Å². The van der Waals surface area contributed by atoms with Crippen LogP contribution in [0.25, 0.3) is 5.65 Å². The Morgan fingerprint density at radius 2 is 2.21 bits per heavy atom. The van der Waals surface area contributed by atoms with Gasteiger partial charge < -0.3 is 20.1 Å². The number of H-pyrrole nitrogens is 1. The summed E-state index contributed by atoms with van der Waals surface area (Å²) in [7, 11) is 0. The minimum Gasteiger partial charge on any atom is -0.394 e. The molecule has 19 heavy (non-hydrogen) atoms. The standard InChI is InChI=1S/C10H12N4O5/c15-2-5-6(16)7(17)8(19-5)4-1-13-14-9(4)11-3-12-10(14)18/h1,3,5-8,15-17H,2H2,(H,11,12,18)/t5-,6-,7-,8-/m1/s1. The Balaban J connectivity index is 2.06. The Labute approximate surface area is 106 Å². The highest BCUT2D eigenvalue weighted by molar-refractivity contribution is 5.47. The Morgan fingerprint density at radius 3 is 2.89 bits per heavy atom. The first-order chi connectivity index (χ1) is 9.13. The maximum absolute atomic E-state index is 11.5. The quantitative estimate of drug-likeness (QED) is 0.476. The van der Waals surface area contributed by atoms with Crippen LogP contribution >= 0.6 is 0 Å². The molecule has 1 aliphatic rings. The van der Waals surface area contributed by atoms with Crippen LogP contribution in [0.2, 0.25) is 0 Å². The van der Waals surface area contributed by atoms with E-state index in [9.17, 15) is 15.0 Å². The van der Waals surface area contributed by atoms with Gasteiger partial charge >= 0.3 is 5.69 Å². The fourth-order valence-corrected chi connectivity index (χ4v) is 2.20. The topological polar surface area (TPSA) is 133 Å². The minimum atomic E-state index is -1.22. The first kappa shape index (κ1) is 12.2. The van der Waals surface area contributed by atoms with E-state index in [1.54, 1.807) is 0 Å². The second-order valence-electron chi connectivity index (χ2n) is 4.30. The third-order valence-corrected chi connectivity index (χ3v) is 3.19. The number of ether oxygens (including phenoxy) is 1. The van der Waals surface area contributed by atoms with Crippen molar-refractivity contribution in [3.05, 3.63) is 28.6 Å². The lowest BCUT2D eigenvalue weighted by Gasteiger charge is -2.12. The number of aliphatic hydroxyl groups is 3.